The Bertz CT molecular complexity index is 2720. The molecule has 0 saturated heterocycles. The zero-order valence-corrected chi connectivity index (χ0v) is 36.5. The molecule has 0 fully saturated rings. The number of amides is 1. The zero-order valence-electron chi connectivity index (χ0n) is 36.5. The Hall–Kier alpha value is -9.59. The average molecular weight is 951 g/mol. The minimum atomic E-state index is -1.49. The number of carbonyl (C=O) groups excluding carboxylic acids is 4. The van der Waals surface area contributed by atoms with Crippen LogP contribution in [0.5, 0.6) is 0 Å². The van der Waals surface area contributed by atoms with Crippen molar-refractivity contribution in [2.45, 2.75) is 27.7 Å². The summed E-state index contributed by atoms with van der Waals surface area (Å²) in [5.41, 5.74) is 19.4. The third-order valence-electron chi connectivity index (χ3n) is 8.15. The van der Waals surface area contributed by atoms with Crippen LogP contribution in [0.3, 0.4) is 0 Å². The molecule has 6 rings (SSSR count). The Kier molecular flexibility index (Phi) is 24.2. The summed E-state index contributed by atoms with van der Waals surface area (Å²) in [5, 5.41) is 36.6. The number of ether oxygens (including phenoxy) is 2. The SMILES string of the molecule is C.CC(=O)c1cccc(C(=O)Nc2cccc(N)c2)c1.CCCOC(=O)c1ccc(C(=O)OC)cc1.Nc1cccc(N)c1.O=C(O)c1cc(C(=O)O)oc(=O)c1.O=C(O)c1cccc(C(=O)O)c1. The Morgan fingerprint density at radius 2 is 0.986 bits per heavy atom. The molecular formula is C49H50N4O16. The Labute approximate surface area is 394 Å². The highest BCUT2D eigenvalue weighted by molar-refractivity contribution is 6.06. The van der Waals surface area contributed by atoms with Gasteiger partial charge in [0.1, 0.15) is 0 Å². The monoisotopic (exact) mass is 950 g/mol. The Morgan fingerprint density at radius 1 is 0.536 bits per heavy atom. The van der Waals surface area contributed by atoms with E-state index in [1.807, 2.05) is 13.0 Å². The van der Waals surface area contributed by atoms with Crippen LogP contribution < -0.4 is 28.1 Å². The van der Waals surface area contributed by atoms with Gasteiger partial charge in [-0.15, -0.1) is 0 Å². The fourth-order valence-electron chi connectivity index (χ4n) is 4.89. The van der Waals surface area contributed by atoms with Gasteiger partial charge in [-0.1, -0.05) is 44.7 Å². The van der Waals surface area contributed by atoms with E-state index in [1.165, 1.54) is 44.4 Å². The molecule has 20 heteroatoms. The van der Waals surface area contributed by atoms with Gasteiger partial charge in [0.25, 0.3) is 5.91 Å². The summed E-state index contributed by atoms with van der Waals surface area (Å²) in [6, 6.07) is 33.5. The van der Waals surface area contributed by atoms with Crippen molar-refractivity contribution in [3.63, 3.8) is 0 Å². The molecule has 362 valence electrons. The predicted molar refractivity (Wildman–Crippen MR) is 255 cm³/mol. The van der Waals surface area contributed by atoms with Crippen LogP contribution in [-0.2, 0) is 9.47 Å². The minimum Gasteiger partial charge on any atom is -0.478 e. The minimum absolute atomic E-state index is 0. The van der Waals surface area contributed by atoms with Gasteiger partial charge in [0.15, 0.2) is 5.78 Å². The highest BCUT2D eigenvalue weighted by Crippen LogP contribution is 2.15. The summed E-state index contributed by atoms with van der Waals surface area (Å²) in [7, 11) is 1.31. The number of rotatable bonds is 11. The first-order chi connectivity index (χ1) is 32.1. The molecule has 1 heterocycles. The van der Waals surface area contributed by atoms with E-state index in [2.05, 4.69) is 14.5 Å². The van der Waals surface area contributed by atoms with Gasteiger partial charge in [-0.2, -0.15) is 0 Å². The van der Waals surface area contributed by atoms with Gasteiger partial charge < -0.3 is 56.8 Å². The number of nitrogen functional groups attached to an aromatic ring is 3. The van der Waals surface area contributed by atoms with Crippen molar-refractivity contribution >= 4 is 70.3 Å². The molecule has 6 aromatic rings. The third-order valence-corrected chi connectivity index (χ3v) is 8.15. The van der Waals surface area contributed by atoms with E-state index in [0.717, 1.165) is 18.6 Å². The van der Waals surface area contributed by atoms with E-state index in [-0.39, 0.29) is 36.2 Å². The maximum absolute atomic E-state index is 12.0. The first-order valence-corrected chi connectivity index (χ1v) is 19.6. The van der Waals surface area contributed by atoms with E-state index in [0.29, 0.717) is 57.7 Å². The number of carboxylic acids is 4. The molecule has 69 heavy (non-hydrogen) atoms. The van der Waals surface area contributed by atoms with Gasteiger partial charge in [0, 0.05) is 46.0 Å². The molecule has 20 nitrogen and oxygen atoms in total. The van der Waals surface area contributed by atoms with Crippen LogP contribution in [0, 0.1) is 0 Å². The van der Waals surface area contributed by atoms with E-state index < -0.39 is 46.8 Å². The number of hydrogen-bond acceptors (Lipinski definition) is 15. The number of esters is 2. The van der Waals surface area contributed by atoms with E-state index in [9.17, 15) is 43.2 Å². The number of Topliss-reactive ketones (excluding diaryl/α,β-unsaturated/α-hetero) is 1. The van der Waals surface area contributed by atoms with Crippen LogP contribution >= 0.6 is 0 Å². The maximum atomic E-state index is 12.0. The number of nitrogens with two attached hydrogens (primary N) is 3. The summed E-state index contributed by atoms with van der Waals surface area (Å²) in [6.45, 7) is 3.79. The van der Waals surface area contributed by atoms with Crippen LogP contribution in [-0.4, -0.2) is 81.6 Å². The van der Waals surface area contributed by atoms with Gasteiger partial charge in [-0.05, 0) is 104 Å². The summed E-state index contributed by atoms with van der Waals surface area (Å²) in [5.74, 6) is -6.95. The fraction of sp³-hybridized carbons (Fsp3) is 0.122. The second-order valence-electron chi connectivity index (χ2n) is 13.4. The van der Waals surface area contributed by atoms with Crippen LogP contribution in [0.15, 0.2) is 143 Å². The van der Waals surface area contributed by atoms with Crippen LogP contribution in [0.1, 0.15) is 111 Å². The second kappa shape index (κ2) is 29.0. The van der Waals surface area contributed by atoms with Crippen molar-refractivity contribution in [3.05, 3.63) is 189 Å². The lowest BCUT2D eigenvalue weighted by molar-refractivity contribution is 0.0501. The van der Waals surface area contributed by atoms with Crippen molar-refractivity contribution in [1.29, 1.82) is 0 Å². The largest absolute Gasteiger partial charge is 0.478 e. The lowest BCUT2D eigenvalue weighted by atomic mass is 10.1. The molecule has 0 aliphatic heterocycles. The highest BCUT2D eigenvalue weighted by Gasteiger charge is 2.13. The molecular weight excluding hydrogens is 901 g/mol. The van der Waals surface area contributed by atoms with Crippen LogP contribution in [0.2, 0.25) is 0 Å². The molecule has 0 spiro atoms. The molecule has 0 bridgehead atoms. The van der Waals surface area contributed by atoms with Gasteiger partial charge in [-0.25, -0.2) is 33.6 Å². The number of anilines is 4. The second-order valence-corrected chi connectivity index (χ2v) is 13.4. The average Bonchev–Trinajstić information content (AvgIpc) is 3.31. The third kappa shape index (κ3) is 20.9. The molecule has 0 atom stereocenters. The molecule has 5 aromatic carbocycles. The molecule has 1 amide bonds. The predicted octanol–water partition coefficient (Wildman–Crippen LogP) is 7.37. The summed E-state index contributed by atoms with van der Waals surface area (Å²) >= 11 is 0. The van der Waals surface area contributed by atoms with Gasteiger partial charge in [0.05, 0.1) is 41.5 Å². The van der Waals surface area contributed by atoms with E-state index >= 15 is 0 Å². The first kappa shape index (κ1) is 57.4. The summed E-state index contributed by atoms with van der Waals surface area (Å²) in [4.78, 5) is 97.9. The first-order valence-electron chi connectivity index (χ1n) is 19.6. The number of ketones is 1. The van der Waals surface area contributed by atoms with Gasteiger partial charge in [-0.3, -0.25) is 9.59 Å². The number of benzene rings is 5. The lowest BCUT2D eigenvalue weighted by Gasteiger charge is -2.06. The fourth-order valence-corrected chi connectivity index (χ4v) is 4.89. The van der Waals surface area contributed by atoms with E-state index in [4.69, 9.17) is 42.4 Å². The zero-order chi connectivity index (χ0) is 50.9. The number of hydrogen-bond donors (Lipinski definition) is 8. The Balaban J connectivity index is 0.000000440. The van der Waals surface area contributed by atoms with Crippen LogP contribution in [0.25, 0.3) is 0 Å². The number of carboxylic acid groups (broad SMARTS) is 4. The lowest BCUT2D eigenvalue weighted by Crippen LogP contribution is -2.12. The molecule has 0 aliphatic carbocycles. The Morgan fingerprint density at radius 3 is 1.42 bits per heavy atom. The van der Waals surface area contributed by atoms with Crippen molar-refractivity contribution < 1.29 is 72.7 Å². The van der Waals surface area contributed by atoms with Crippen molar-refractivity contribution in [2.24, 2.45) is 0 Å². The number of aromatic carboxylic acids is 4. The molecule has 1 aromatic heterocycles. The molecule has 11 N–H and O–H groups in total. The van der Waals surface area contributed by atoms with Crippen molar-refractivity contribution in [3.8, 4) is 0 Å². The molecule has 0 aliphatic rings. The van der Waals surface area contributed by atoms with Gasteiger partial charge in [0.2, 0.25) is 5.76 Å². The number of nitrogens with one attached hydrogen (secondary N) is 1. The molecule has 0 saturated carbocycles. The number of methoxy groups -OCH3 is 1. The molecule has 0 radical (unpaired) electrons. The quantitative estimate of drug-likeness (QED) is 0.0357. The molecule has 0 unspecified atom stereocenters. The summed E-state index contributed by atoms with van der Waals surface area (Å²) in [6.07, 6.45) is 0.784. The highest BCUT2D eigenvalue weighted by atomic mass is 16.5. The van der Waals surface area contributed by atoms with Crippen molar-refractivity contribution in [1.82, 2.24) is 0 Å². The standard InChI is InChI=1S/C15H14N2O2.C12H14O4.C8H6O4.C7H4O6.C6H8N2.CH4/c1-10(18)11-4-2-5-12(8-11)15(19)17-14-7-3-6-13(16)9-14;1-3-8-16-12(14)10-6-4-9(5-7-10)11(13)15-2;9-7(10)5-2-1-3-6(4-5)8(11)12;8-5-2-3(6(9)10)1-4(13-5)7(11)12;7-5-2-1-3-6(8)4-5;/h2-9H,16H2,1H3,(H,17,19);4-7H,3,8H2,1-2H3;1-4H,(H,9,10)(H,11,12);1-2H,(H,9,10)(H,11,12);1-4H,7-8H2;1H4. The summed E-state index contributed by atoms with van der Waals surface area (Å²) < 4.78 is 13.7. The van der Waals surface area contributed by atoms with Crippen molar-refractivity contribution in [2.75, 3.05) is 36.2 Å². The smallest absolute Gasteiger partial charge is 0.371 e. The maximum Gasteiger partial charge on any atom is 0.371 e. The topological polar surface area (TPSA) is 356 Å². The van der Waals surface area contributed by atoms with Crippen LogP contribution in [0.4, 0.5) is 22.7 Å². The number of carbonyl (C=O) groups is 8. The van der Waals surface area contributed by atoms with E-state index in [1.54, 1.807) is 78.9 Å². The normalized spacial score (nSPS) is 9.43. The van der Waals surface area contributed by atoms with Gasteiger partial charge >= 0.3 is 41.4 Å².